The molecule has 0 saturated carbocycles. The number of amides is 1. The quantitative estimate of drug-likeness (QED) is 0.846. The van der Waals surface area contributed by atoms with Crippen LogP contribution >= 0.6 is 0 Å². The lowest BCUT2D eigenvalue weighted by atomic mass is 10.0. The molecule has 0 unspecified atom stereocenters. The summed E-state index contributed by atoms with van der Waals surface area (Å²) >= 11 is 0. The first-order valence-electron chi connectivity index (χ1n) is 8.91. The molecule has 0 radical (unpaired) electrons. The fourth-order valence-electron chi connectivity index (χ4n) is 3.36. The summed E-state index contributed by atoms with van der Waals surface area (Å²) in [6.07, 6.45) is 2.66. The topological polar surface area (TPSA) is 87.5 Å². The maximum Gasteiger partial charge on any atom is 0.279 e. The van der Waals surface area contributed by atoms with Crippen LogP contribution in [0.2, 0.25) is 0 Å². The number of aryl methyl sites for hydroxylation is 1. The number of carbonyl (C=O) groups excluding carboxylic acids is 1. The van der Waals surface area contributed by atoms with Crippen molar-refractivity contribution in [3.05, 3.63) is 17.5 Å². The molecule has 1 aromatic heterocycles. The highest BCUT2D eigenvalue weighted by atomic mass is 32.2. The Kier molecular flexibility index (Phi) is 5.45. The largest absolute Gasteiger partial charge is 0.337 e. The van der Waals surface area contributed by atoms with Crippen molar-refractivity contribution < 1.29 is 13.2 Å². The van der Waals surface area contributed by atoms with Gasteiger partial charge in [0.25, 0.3) is 10.2 Å². The molecule has 1 fully saturated rings. The van der Waals surface area contributed by atoms with E-state index in [1.165, 1.54) is 4.31 Å². The third-order valence-electron chi connectivity index (χ3n) is 5.03. The Hall–Kier alpha value is -1.45. The number of fused-ring (bicyclic) bond motifs is 1. The van der Waals surface area contributed by atoms with E-state index in [0.29, 0.717) is 31.2 Å². The minimum atomic E-state index is -3.47. The zero-order valence-corrected chi connectivity index (χ0v) is 15.8. The maximum atomic E-state index is 12.4. The summed E-state index contributed by atoms with van der Waals surface area (Å²) in [5.41, 5.74) is 1.64. The van der Waals surface area contributed by atoms with Gasteiger partial charge in [-0.1, -0.05) is 6.92 Å². The predicted octanol–water partition coefficient (Wildman–Crippen LogP) is 0.702. The van der Waals surface area contributed by atoms with E-state index in [0.717, 1.165) is 38.0 Å². The summed E-state index contributed by atoms with van der Waals surface area (Å²) in [6, 6.07) is 1.89. The number of piperidine rings is 1. The van der Waals surface area contributed by atoms with Crippen molar-refractivity contribution in [1.29, 1.82) is 0 Å². The molecular formula is C16H27N5O3S. The van der Waals surface area contributed by atoms with Crippen LogP contribution in [0.4, 0.5) is 0 Å². The average Bonchev–Trinajstić information content (AvgIpc) is 2.83. The van der Waals surface area contributed by atoms with Gasteiger partial charge in [-0.15, -0.1) is 0 Å². The van der Waals surface area contributed by atoms with Crippen LogP contribution in [0.15, 0.2) is 6.07 Å². The fraction of sp³-hybridized carbons (Fsp3) is 0.750. The predicted molar refractivity (Wildman–Crippen MR) is 93.7 cm³/mol. The van der Waals surface area contributed by atoms with Gasteiger partial charge in [0.1, 0.15) is 0 Å². The number of nitrogens with one attached hydrogen (secondary N) is 1. The molecule has 1 amide bonds. The molecule has 0 spiro atoms. The number of carbonyl (C=O) groups is 1. The SMILES string of the molecule is CC(=O)N1CCCn2nc(CNS(=O)(=O)N3CCC(C)CC3)cc2C1. The first-order valence-corrected chi connectivity index (χ1v) is 10.3. The second-order valence-corrected chi connectivity index (χ2v) is 8.81. The van der Waals surface area contributed by atoms with Gasteiger partial charge in [0.2, 0.25) is 5.91 Å². The van der Waals surface area contributed by atoms with Crippen molar-refractivity contribution >= 4 is 16.1 Å². The van der Waals surface area contributed by atoms with Crippen molar-refractivity contribution in [2.45, 2.75) is 52.7 Å². The Bertz CT molecular complexity index is 722. The first-order chi connectivity index (χ1) is 11.8. The smallest absolute Gasteiger partial charge is 0.279 e. The fourth-order valence-corrected chi connectivity index (χ4v) is 4.56. The molecule has 0 aromatic carbocycles. The normalized spacial score (nSPS) is 20.3. The van der Waals surface area contributed by atoms with Gasteiger partial charge in [-0.05, 0) is 31.2 Å². The number of aromatic nitrogens is 2. The molecule has 1 aromatic rings. The van der Waals surface area contributed by atoms with E-state index in [4.69, 9.17) is 0 Å². The second kappa shape index (κ2) is 7.43. The van der Waals surface area contributed by atoms with Gasteiger partial charge in [-0.25, -0.2) is 0 Å². The highest BCUT2D eigenvalue weighted by molar-refractivity contribution is 7.87. The molecule has 1 N–H and O–H groups in total. The van der Waals surface area contributed by atoms with Crippen molar-refractivity contribution in [1.82, 2.24) is 23.7 Å². The standard InChI is InChI=1S/C16H27N5O3S/c1-13-4-8-20(9-5-13)25(23,24)17-11-15-10-16-12-19(14(2)22)6-3-7-21(16)18-15/h10,13,17H,3-9,11-12H2,1-2H3. The van der Waals surface area contributed by atoms with E-state index >= 15 is 0 Å². The molecule has 0 bridgehead atoms. The molecule has 2 aliphatic heterocycles. The average molecular weight is 369 g/mol. The van der Waals surface area contributed by atoms with E-state index in [2.05, 4.69) is 16.7 Å². The summed E-state index contributed by atoms with van der Waals surface area (Å²) in [5.74, 6) is 0.635. The molecular weight excluding hydrogens is 342 g/mol. The maximum absolute atomic E-state index is 12.4. The van der Waals surface area contributed by atoms with Gasteiger partial charge < -0.3 is 4.90 Å². The summed E-state index contributed by atoms with van der Waals surface area (Å²) in [6.45, 7) is 7.05. The van der Waals surface area contributed by atoms with Crippen LogP contribution in [0.25, 0.3) is 0 Å². The molecule has 25 heavy (non-hydrogen) atoms. The molecule has 8 nitrogen and oxygen atoms in total. The third kappa shape index (κ3) is 4.39. The van der Waals surface area contributed by atoms with Crippen LogP contribution in [0.1, 0.15) is 44.5 Å². The lowest BCUT2D eigenvalue weighted by Gasteiger charge is -2.29. The zero-order chi connectivity index (χ0) is 18.0. The molecule has 3 rings (SSSR count). The van der Waals surface area contributed by atoms with E-state index in [1.54, 1.807) is 11.8 Å². The van der Waals surface area contributed by atoms with Gasteiger partial charge in [-0.2, -0.15) is 22.5 Å². The number of hydrogen-bond donors (Lipinski definition) is 1. The second-order valence-electron chi connectivity index (χ2n) is 7.05. The first kappa shape index (κ1) is 18.3. The number of nitrogens with zero attached hydrogens (tertiary/aromatic N) is 4. The Morgan fingerprint density at radius 3 is 2.68 bits per heavy atom. The van der Waals surface area contributed by atoms with Crippen LogP contribution in [0, 0.1) is 5.92 Å². The summed E-state index contributed by atoms with van der Waals surface area (Å²) in [4.78, 5) is 13.4. The van der Waals surface area contributed by atoms with Crippen molar-refractivity contribution in [3.8, 4) is 0 Å². The van der Waals surface area contributed by atoms with E-state index < -0.39 is 10.2 Å². The molecule has 0 atom stereocenters. The van der Waals surface area contributed by atoms with Gasteiger partial charge in [0.15, 0.2) is 0 Å². The van der Waals surface area contributed by atoms with Crippen LogP contribution in [0.3, 0.4) is 0 Å². The highest BCUT2D eigenvalue weighted by Gasteiger charge is 2.26. The highest BCUT2D eigenvalue weighted by Crippen LogP contribution is 2.18. The van der Waals surface area contributed by atoms with Crippen LogP contribution in [-0.4, -0.2) is 52.9 Å². The molecule has 1 saturated heterocycles. The van der Waals surface area contributed by atoms with E-state index in [1.807, 2.05) is 10.7 Å². The Morgan fingerprint density at radius 1 is 1.28 bits per heavy atom. The minimum absolute atomic E-state index is 0.0521. The van der Waals surface area contributed by atoms with Crippen molar-refractivity contribution in [3.63, 3.8) is 0 Å². The van der Waals surface area contributed by atoms with Crippen molar-refractivity contribution in [2.75, 3.05) is 19.6 Å². The van der Waals surface area contributed by atoms with Gasteiger partial charge in [0, 0.05) is 33.1 Å². The Labute approximate surface area is 149 Å². The van der Waals surface area contributed by atoms with Crippen molar-refractivity contribution in [2.24, 2.45) is 5.92 Å². The summed E-state index contributed by atoms with van der Waals surface area (Å²) in [5, 5.41) is 4.50. The Morgan fingerprint density at radius 2 is 2.00 bits per heavy atom. The van der Waals surface area contributed by atoms with Crippen LogP contribution < -0.4 is 4.72 Å². The van der Waals surface area contributed by atoms with E-state index in [9.17, 15) is 13.2 Å². The van der Waals surface area contributed by atoms with Crippen LogP contribution in [-0.2, 0) is 34.6 Å². The lowest BCUT2D eigenvalue weighted by molar-refractivity contribution is -0.129. The Balaban J connectivity index is 1.62. The van der Waals surface area contributed by atoms with E-state index in [-0.39, 0.29) is 12.5 Å². The van der Waals surface area contributed by atoms with Gasteiger partial charge >= 0.3 is 0 Å². The van der Waals surface area contributed by atoms with Gasteiger partial charge in [-0.3, -0.25) is 9.48 Å². The molecule has 0 aliphatic carbocycles. The molecule has 3 heterocycles. The molecule has 9 heteroatoms. The molecule has 140 valence electrons. The minimum Gasteiger partial charge on any atom is -0.337 e. The monoisotopic (exact) mass is 369 g/mol. The lowest BCUT2D eigenvalue weighted by Crippen LogP contribution is -2.44. The summed E-state index contributed by atoms with van der Waals surface area (Å²) in [7, 11) is -3.47. The number of hydrogen-bond acceptors (Lipinski definition) is 4. The summed E-state index contributed by atoms with van der Waals surface area (Å²) < 4.78 is 30.9. The number of rotatable bonds is 4. The van der Waals surface area contributed by atoms with Crippen LogP contribution in [0.5, 0.6) is 0 Å². The van der Waals surface area contributed by atoms with Gasteiger partial charge in [0.05, 0.1) is 24.5 Å². The molecule has 2 aliphatic rings. The third-order valence-corrected chi connectivity index (χ3v) is 6.58. The zero-order valence-electron chi connectivity index (χ0n) is 14.9.